The maximum atomic E-state index is 10.7. The van der Waals surface area contributed by atoms with Crippen molar-refractivity contribution >= 4 is 11.4 Å². The Balaban J connectivity index is 2.12. The molecule has 0 amide bonds. The van der Waals surface area contributed by atoms with Gasteiger partial charge in [-0.05, 0) is 6.07 Å². The predicted molar refractivity (Wildman–Crippen MR) is 82.1 cm³/mol. The molecule has 0 spiro atoms. The van der Waals surface area contributed by atoms with E-state index >= 15 is 0 Å². The highest BCUT2D eigenvalue weighted by Crippen LogP contribution is 2.24. The van der Waals surface area contributed by atoms with Crippen molar-refractivity contribution in [1.82, 2.24) is 0 Å². The van der Waals surface area contributed by atoms with Gasteiger partial charge < -0.3 is 5.32 Å². The van der Waals surface area contributed by atoms with Gasteiger partial charge in [-0.1, -0.05) is 48.5 Å². The molecule has 5 heteroatoms. The number of para-hydroxylation sites is 1. The largest absolute Gasteiger partial charge is 0.352 e. The second kappa shape index (κ2) is 5.58. The first-order valence-corrected chi connectivity index (χ1v) is 6.54. The molecule has 2 aromatic carbocycles. The minimum Gasteiger partial charge on any atom is -0.352 e. The molecule has 5 nitrogen and oxygen atoms in total. The molecular weight excluding hydrogens is 266 g/mol. The molecule has 1 N–H and O–H groups in total. The number of hydrogen-bond donors (Lipinski definition) is 1. The van der Waals surface area contributed by atoms with Gasteiger partial charge in [-0.2, -0.15) is 0 Å². The number of rotatable bonds is 2. The van der Waals surface area contributed by atoms with Gasteiger partial charge in [0.2, 0.25) is 0 Å². The molecule has 0 unspecified atom stereocenters. The van der Waals surface area contributed by atoms with Crippen LogP contribution in [0.4, 0.5) is 5.69 Å². The fraction of sp³-hybridized carbons (Fsp3) is 0.0625. The first-order valence-electron chi connectivity index (χ1n) is 6.54. The van der Waals surface area contributed by atoms with E-state index in [1.165, 1.54) is 0 Å². The van der Waals surface area contributed by atoms with Crippen molar-refractivity contribution in [2.75, 3.05) is 11.9 Å². The van der Waals surface area contributed by atoms with E-state index in [4.69, 9.17) is 0 Å². The predicted octanol–water partition coefficient (Wildman–Crippen LogP) is 3.07. The third-order valence-corrected chi connectivity index (χ3v) is 3.19. The Morgan fingerprint density at radius 1 is 1.10 bits per heavy atom. The molecule has 0 bridgehead atoms. The average molecular weight is 279 g/mol. The summed E-state index contributed by atoms with van der Waals surface area (Å²) in [5, 5.41) is 13.8. The average Bonchev–Trinajstić information content (AvgIpc) is 2.66. The van der Waals surface area contributed by atoms with Gasteiger partial charge in [0.05, 0.1) is 17.2 Å². The lowest BCUT2D eigenvalue weighted by molar-refractivity contribution is -0.403. The van der Waals surface area contributed by atoms with Crippen molar-refractivity contribution in [3.63, 3.8) is 0 Å². The zero-order valence-electron chi connectivity index (χ0n) is 11.2. The third kappa shape index (κ3) is 2.81. The summed E-state index contributed by atoms with van der Waals surface area (Å²) in [6, 6.07) is 17.5. The summed E-state index contributed by atoms with van der Waals surface area (Å²) in [6.07, 6.45) is 0.966. The molecule has 0 saturated carbocycles. The number of hydrogen-bond acceptors (Lipinski definition) is 4. The summed E-state index contributed by atoms with van der Waals surface area (Å²) in [6.45, 7) is 0.250. The molecule has 104 valence electrons. The number of anilines is 1. The second-order valence-corrected chi connectivity index (χ2v) is 4.64. The van der Waals surface area contributed by atoms with Gasteiger partial charge >= 0.3 is 0 Å². The molecule has 0 aromatic heterocycles. The van der Waals surface area contributed by atoms with Crippen molar-refractivity contribution in [3.8, 4) is 0 Å². The number of benzodiazepines with no additional fused rings is 1. The summed E-state index contributed by atoms with van der Waals surface area (Å²) in [5.41, 5.74) is 4.07. The lowest BCUT2D eigenvalue weighted by atomic mass is 10.0. The lowest BCUT2D eigenvalue weighted by Crippen LogP contribution is -2.05. The van der Waals surface area contributed by atoms with Gasteiger partial charge in [0.1, 0.15) is 5.70 Å². The molecule has 0 radical (unpaired) electrons. The second-order valence-electron chi connectivity index (χ2n) is 4.64. The van der Waals surface area contributed by atoms with Gasteiger partial charge in [-0.25, -0.2) is 0 Å². The number of nitrogens with zero attached hydrogens (tertiary/aromatic N) is 2. The Bertz CT molecular complexity index is 736. The number of aliphatic imine (C=N–C) groups is 1. The number of nitrogens with one attached hydrogen (secondary N) is 1. The van der Waals surface area contributed by atoms with Crippen molar-refractivity contribution in [2.24, 2.45) is 4.99 Å². The van der Waals surface area contributed by atoms with Gasteiger partial charge in [0, 0.05) is 16.8 Å². The SMILES string of the molecule is O=[N+]([O-])/C=C1\CN=C(c2ccccc2)c2ccccc2N1. The van der Waals surface area contributed by atoms with Crippen LogP contribution in [0.2, 0.25) is 0 Å². The molecule has 2 aromatic rings. The van der Waals surface area contributed by atoms with Gasteiger partial charge in [0.25, 0.3) is 6.20 Å². The Morgan fingerprint density at radius 2 is 1.81 bits per heavy atom. The maximum Gasteiger partial charge on any atom is 0.255 e. The van der Waals surface area contributed by atoms with Gasteiger partial charge in [-0.15, -0.1) is 0 Å². The molecule has 1 aliphatic rings. The van der Waals surface area contributed by atoms with E-state index < -0.39 is 4.92 Å². The molecule has 21 heavy (non-hydrogen) atoms. The monoisotopic (exact) mass is 279 g/mol. The Hall–Kier alpha value is -2.95. The van der Waals surface area contributed by atoms with E-state index in [0.717, 1.165) is 28.7 Å². The number of fused-ring (bicyclic) bond motifs is 1. The Kier molecular flexibility index (Phi) is 3.47. The van der Waals surface area contributed by atoms with E-state index in [-0.39, 0.29) is 6.54 Å². The highest BCUT2D eigenvalue weighted by molar-refractivity contribution is 6.16. The minimum absolute atomic E-state index is 0.250. The zero-order chi connectivity index (χ0) is 14.7. The van der Waals surface area contributed by atoms with Gasteiger partial charge in [-0.3, -0.25) is 15.1 Å². The van der Waals surface area contributed by atoms with E-state index in [0.29, 0.717) is 5.70 Å². The lowest BCUT2D eigenvalue weighted by Gasteiger charge is -2.10. The van der Waals surface area contributed by atoms with Crippen LogP contribution in [-0.4, -0.2) is 17.2 Å². The normalized spacial score (nSPS) is 15.6. The fourth-order valence-electron chi connectivity index (χ4n) is 2.30. The van der Waals surface area contributed by atoms with E-state index in [2.05, 4.69) is 10.3 Å². The molecule has 1 heterocycles. The van der Waals surface area contributed by atoms with E-state index in [9.17, 15) is 10.1 Å². The molecule has 0 atom stereocenters. The highest BCUT2D eigenvalue weighted by atomic mass is 16.6. The first-order chi connectivity index (χ1) is 10.2. The molecule has 0 aliphatic carbocycles. The number of nitro groups is 1. The Morgan fingerprint density at radius 3 is 2.57 bits per heavy atom. The van der Waals surface area contributed by atoms with Gasteiger partial charge in [0.15, 0.2) is 0 Å². The molecule has 0 fully saturated rings. The summed E-state index contributed by atoms with van der Waals surface area (Å²) >= 11 is 0. The summed E-state index contributed by atoms with van der Waals surface area (Å²) < 4.78 is 0. The van der Waals surface area contributed by atoms with E-state index in [1.807, 2.05) is 54.6 Å². The molecule has 0 saturated heterocycles. The van der Waals surface area contributed by atoms with Crippen LogP contribution in [0.15, 0.2) is 71.5 Å². The third-order valence-electron chi connectivity index (χ3n) is 3.19. The number of benzene rings is 2. The van der Waals surface area contributed by atoms with Crippen molar-refractivity contribution in [2.45, 2.75) is 0 Å². The topological polar surface area (TPSA) is 67.5 Å². The molecule has 1 aliphatic heterocycles. The van der Waals surface area contributed by atoms with Crippen LogP contribution in [0.1, 0.15) is 11.1 Å². The highest BCUT2D eigenvalue weighted by Gasteiger charge is 2.17. The minimum atomic E-state index is -0.464. The quantitative estimate of drug-likeness (QED) is 0.678. The van der Waals surface area contributed by atoms with Crippen LogP contribution >= 0.6 is 0 Å². The van der Waals surface area contributed by atoms with Crippen LogP contribution in [0.25, 0.3) is 0 Å². The summed E-state index contributed by atoms with van der Waals surface area (Å²) in [5.74, 6) is 0. The summed E-state index contributed by atoms with van der Waals surface area (Å²) in [4.78, 5) is 14.8. The van der Waals surface area contributed by atoms with Crippen LogP contribution in [0.5, 0.6) is 0 Å². The zero-order valence-corrected chi connectivity index (χ0v) is 11.2. The van der Waals surface area contributed by atoms with E-state index in [1.54, 1.807) is 0 Å². The maximum absolute atomic E-state index is 10.7. The summed E-state index contributed by atoms with van der Waals surface area (Å²) in [7, 11) is 0. The first kappa shape index (κ1) is 13.1. The van der Waals surface area contributed by atoms with Crippen molar-refractivity contribution in [1.29, 1.82) is 0 Å². The standard InChI is InChI=1S/C16H13N3O2/c20-19(21)11-13-10-17-16(12-6-2-1-3-7-12)14-8-4-5-9-15(14)18-13/h1-9,11,18H,10H2/b13-11+. The van der Waals surface area contributed by atoms with Crippen LogP contribution in [0.3, 0.4) is 0 Å². The van der Waals surface area contributed by atoms with Crippen LogP contribution in [0, 0.1) is 10.1 Å². The van der Waals surface area contributed by atoms with Crippen molar-refractivity contribution in [3.05, 3.63) is 87.7 Å². The van der Waals surface area contributed by atoms with Crippen LogP contribution < -0.4 is 5.32 Å². The fourth-order valence-corrected chi connectivity index (χ4v) is 2.30. The Labute approximate surface area is 121 Å². The molecule has 3 rings (SSSR count). The van der Waals surface area contributed by atoms with Crippen molar-refractivity contribution < 1.29 is 4.92 Å². The van der Waals surface area contributed by atoms with Crippen LogP contribution in [-0.2, 0) is 0 Å². The molecular formula is C16H13N3O2. The smallest absolute Gasteiger partial charge is 0.255 e.